The minimum absolute atomic E-state index is 0.00202. The third kappa shape index (κ3) is 3.80. The lowest BCUT2D eigenvalue weighted by Gasteiger charge is -2.02. The number of aromatic nitrogens is 1. The molecule has 3 rings (SSSR count). The smallest absolute Gasteiger partial charge is 0.226 e. The fraction of sp³-hybridized carbons (Fsp3) is 0.111. The number of nitrogens with one attached hydrogen (secondary N) is 1. The number of anilines is 1. The molecule has 1 heterocycles. The van der Waals surface area contributed by atoms with Crippen molar-refractivity contribution in [2.24, 2.45) is 0 Å². The van der Waals surface area contributed by atoms with Crippen molar-refractivity contribution in [3.8, 4) is 10.4 Å². The fourth-order valence-electron chi connectivity index (χ4n) is 2.15. The predicted molar refractivity (Wildman–Crippen MR) is 90.9 cm³/mol. The lowest BCUT2D eigenvalue weighted by molar-refractivity contribution is -0.116. The van der Waals surface area contributed by atoms with Gasteiger partial charge in [0.25, 0.3) is 0 Å². The SMILES string of the molecule is O=C(CCc1ccccc1)Nc1ncc(-c2ccccc2)s1. The second-order valence-electron chi connectivity index (χ2n) is 4.93. The van der Waals surface area contributed by atoms with Gasteiger partial charge in [-0.2, -0.15) is 0 Å². The van der Waals surface area contributed by atoms with Crippen molar-refractivity contribution in [1.29, 1.82) is 0 Å². The van der Waals surface area contributed by atoms with Crippen LogP contribution in [-0.2, 0) is 11.2 Å². The van der Waals surface area contributed by atoms with Crippen LogP contribution in [0.15, 0.2) is 66.9 Å². The van der Waals surface area contributed by atoms with Gasteiger partial charge in [-0.3, -0.25) is 4.79 Å². The quantitative estimate of drug-likeness (QED) is 0.760. The minimum Gasteiger partial charge on any atom is -0.302 e. The van der Waals surface area contributed by atoms with Crippen molar-refractivity contribution >= 4 is 22.4 Å². The van der Waals surface area contributed by atoms with E-state index < -0.39 is 0 Å². The molecule has 1 aromatic heterocycles. The molecule has 0 aliphatic heterocycles. The number of carbonyl (C=O) groups is 1. The van der Waals surface area contributed by atoms with E-state index in [0.717, 1.165) is 16.9 Å². The van der Waals surface area contributed by atoms with Crippen LogP contribution >= 0.6 is 11.3 Å². The molecule has 1 N–H and O–H groups in total. The van der Waals surface area contributed by atoms with Crippen molar-refractivity contribution < 1.29 is 4.79 Å². The van der Waals surface area contributed by atoms with Gasteiger partial charge < -0.3 is 5.32 Å². The van der Waals surface area contributed by atoms with Gasteiger partial charge in [-0.15, -0.1) is 0 Å². The van der Waals surface area contributed by atoms with Crippen molar-refractivity contribution in [2.75, 3.05) is 5.32 Å². The molecule has 0 aliphatic carbocycles. The summed E-state index contributed by atoms with van der Waals surface area (Å²) in [5, 5.41) is 3.52. The summed E-state index contributed by atoms with van der Waals surface area (Å²) in [4.78, 5) is 17.3. The second kappa shape index (κ2) is 7.00. The Morgan fingerprint density at radius 3 is 2.41 bits per heavy atom. The first-order valence-corrected chi connectivity index (χ1v) is 7.98. The Morgan fingerprint density at radius 1 is 1.00 bits per heavy atom. The van der Waals surface area contributed by atoms with Crippen LogP contribution in [0.5, 0.6) is 0 Å². The number of amides is 1. The highest BCUT2D eigenvalue weighted by Gasteiger charge is 2.08. The van der Waals surface area contributed by atoms with Crippen LogP contribution in [0.2, 0.25) is 0 Å². The molecule has 0 radical (unpaired) electrons. The van der Waals surface area contributed by atoms with Crippen LogP contribution in [0.25, 0.3) is 10.4 Å². The van der Waals surface area contributed by atoms with Crippen LogP contribution in [0.3, 0.4) is 0 Å². The molecule has 4 heteroatoms. The third-order valence-corrected chi connectivity index (χ3v) is 4.26. The molecule has 0 saturated heterocycles. The Bertz CT molecular complexity index is 738. The Balaban J connectivity index is 1.57. The normalized spacial score (nSPS) is 10.4. The predicted octanol–water partition coefficient (Wildman–Crippen LogP) is 4.38. The Kier molecular flexibility index (Phi) is 4.61. The van der Waals surface area contributed by atoms with Crippen LogP contribution in [0, 0.1) is 0 Å². The van der Waals surface area contributed by atoms with Gasteiger partial charge in [0.1, 0.15) is 0 Å². The molecule has 0 fully saturated rings. The van der Waals surface area contributed by atoms with Crippen LogP contribution in [0.1, 0.15) is 12.0 Å². The second-order valence-corrected chi connectivity index (χ2v) is 5.96. The summed E-state index contributed by atoms with van der Waals surface area (Å²) in [6.07, 6.45) is 3.00. The molecule has 1 amide bonds. The van der Waals surface area contributed by atoms with E-state index in [0.29, 0.717) is 11.6 Å². The lowest BCUT2D eigenvalue weighted by atomic mass is 10.1. The Labute approximate surface area is 133 Å². The number of rotatable bonds is 5. The van der Waals surface area contributed by atoms with Gasteiger partial charge in [-0.1, -0.05) is 72.0 Å². The zero-order chi connectivity index (χ0) is 15.2. The van der Waals surface area contributed by atoms with E-state index in [1.165, 1.54) is 16.9 Å². The largest absolute Gasteiger partial charge is 0.302 e. The van der Waals surface area contributed by atoms with Gasteiger partial charge in [0.05, 0.1) is 4.88 Å². The fourth-order valence-corrected chi connectivity index (χ4v) is 2.99. The van der Waals surface area contributed by atoms with E-state index in [9.17, 15) is 4.79 Å². The number of hydrogen-bond donors (Lipinski definition) is 1. The van der Waals surface area contributed by atoms with Gasteiger partial charge in [-0.25, -0.2) is 4.98 Å². The van der Waals surface area contributed by atoms with E-state index in [2.05, 4.69) is 10.3 Å². The molecule has 0 atom stereocenters. The maximum absolute atomic E-state index is 12.0. The number of thiazole rings is 1. The van der Waals surface area contributed by atoms with Gasteiger partial charge in [0.15, 0.2) is 5.13 Å². The molecule has 3 aromatic rings. The summed E-state index contributed by atoms with van der Waals surface area (Å²) in [7, 11) is 0. The van der Waals surface area contributed by atoms with Crippen molar-refractivity contribution in [2.45, 2.75) is 12.8 Å². The summed E-state index contributed by atoms with van der Waals surface area (Å²) in [5.41, 5.74) is 2.28. The van der Waals surface area contributed by atoms with Crippen molar-refractivity contribution in [3.63, 3.8) is 0 Å². The van der Waals surface area contributed by atoms with Gasteiger partial charge in [-0.05, 0) is 17.5 Å². The molecule has 0 saturated carbocycles. The van der Waals surface area contributed by atoms with Crippen LogP contribution < -0.4 is 5.32 Å². The number of hydrogen-bond acceptors (Lipinski definition) is 3. The summed E-state index contributed by atoms with van der Waals surface area (Å²) >= 11 is 1.49. The maximum atomic E-state index is 12.0. The molecule has 3 nitrogen and oxygen atoms in total. The van der Waals surface area contributed by atoms with E-state index in [-0.39, 0.29) is 5.91 Å². The first-order chi connectivity index (χ1) is 10.8. The van der Waals surface area contributed by atoms with Gasteiger partial charge >= 0.3 is 0 Å². The average Bonchev–Trinajstić information content (AvgIpc) is 3.03. The molecular formula is C18H16N2OS. The number of aryl methyl sites for hydroxylation is 1. The first-order valence-electron chi connectivity index (χ1n) is 7.16. The van der Waals surface area contributed by atoms with Gasteiger partial charge in [0.2, 0.25) is 5.91 Å². The average molecular weight is 308 g/mol. The third-order valence-electron chi connectivity index (χ3n) is 3.29. The zero-order valence-electron chi connectivity index (χ0n) is 12.0. The number of nitrogens with zero attached hydrogens (tertiary/aromatic N) is 1. The maximum Gasteiger partial charge on any atom is 0.226 e. The molecule has 0 spiro atoms. The highest BCUT2D eigenvalue weighted by Crippen LogP contribution is 2.28. The van der Waals surface area contributed by atoms with E-state index in [4.69, 9.17) is 0 Å². The zero-order valence-corrected chi connectivity index (χ0v) is 12.8. The Morgan fingerprint density at radius 2 is 1.68 bits per heavy atom. The molecule has 110 valence electrons. The number of benzene rings is 2. The lowest BCUT2D eigenvalue weighted by Crippen LogP contribution is -2.11. The van der Waals surface area contributed by atoms with E-state index in [1.54, 1.807) is 6.20 Å². The van der Waals surface area contributed by atoms with E-state index >= 15 is 0 Å². The summed E-state index contributed by atoms with van der Waals surface area (Å²) < 4.78 is 0. The molecule has 2 aromatic carbocycles. The van der Waals surface area contributed by atoms with E-state index in [1.807, 2.05) is 60.7 Å². The number of carbonyl (C=O) groups excluding carboxylic acids is 1. The van der Waals surface area contributed by atoms with Crippen molar-refractivity contribution in [1.82, 2.24) is 4.98 Å². The monoisotopic (exact) mass is 308 g/mol. The molecule has 0 unspecified atom stereocenters. The minimum atomic E-state index is -0.00202. The van der Waals surface area contributed by atoms with Crippen LogP contribution in [-0.4, -0.2) is 10.9 Å². The molecule has 0 aliphatic rings. The summed E-state index contributed by atoms with van der Waals surface area (Å²) in [5.74, 6) is -0.00202. The van der Waals surface area contributed by atoms with Crippen LogP contribution in [0.4, 0.5) is 5.13 Å². The standard InChI is InChI=1S/C18H16N2OS/c21-17(12-11-14-7-3-1-4-8-14)20-18-19-13-16(22-18)15-9-5-2-6-10-15/h1-10,13H,11-12H2,(H,19,20,21). The first kappa shape index (κ1) is 14.5. The molecular weight excluding hydrogens is 292 g/mol. The van der Waals surface area contributed by atoms with Gasteiger partial charge in [0, 0.05) is 12.6 Å². The highest BCUT2D eigenvalue weighted by molar-refractivity contribution is 7.19. The highest BCUT2D eigenvalue weighted by atomic mass is 32.1. The topological polar surface area (TPSA) is 42.0 Å². The molecule has 0 bridgehead atoms. The summed E-state index contributed by atoms with van der Waals surface area (Å²) in [6.45, 7) is 0. The molecule has 22 heavy (non-hydrogen) atoms. The summed E-state index contributed by atoms with van der Waals surface area (Å²) in [6, 6.07) is 20.1. The Hall–Kier alpha value is -2.46. The van der Waals surface area contributed by atoms with Crippen molar-refractivity contribution in [3.05, 3.63) is 72.4 Å².